The standard InChI is InChI=1S/C36H66O4/c1-3-5-7-8-9-10-11-12-13-14-15-16-17-18-19-20-21-22-23-24-25-26-27-28-29-30-32-39-34-35(33-37)40-36(38)31-6-4-2/h11-12,14-15,17-18,35,37H,3-10,13,16,19-34H2,1-2H3/b12-11-,15-14-,18-17-. The number of ether oxygens (including phenoxy) is 2. The summed E-state index contributed by atoms with van der Waals surface area (Å²) in [6, 6.07) is 0. The highest BCUT2D eigenvalue weighted by Gasteiger charge is 2.13. The molecule has 0 saturated heterocycles. The molecule has 0 spiro atoms. The van der Waals surface area contributed by atoms with Crippen LogP contribution in [0.5, 0.6) is 0 Å². The van der Waals surface area contributed by atoms with Crippen molar-refractivity contribution < 1.29 is 19.4 Å². The molecule has 0 amide bonds. The Morgan fingerprint density at radius 3 is 1.55 bits per heavy atom. The molecule has 234 valence electrons. The van der Waals surface area contributed by atoms with Crippen molar-refractivity contribution in [3.05, 3.63) is 36.5 Å². The van der Waals surface area contributed by atoms with E-state index in [9.17, 15) is 9.90 Å². The molecular formula is C36H66O4. The van der Waals surface area contributed by atoms with Gasteiger partial charge in [0.1, 0.15) is 6.10 Å². The fourth-order valence-electron chi connectivity index (χ4n) is 4.61. The van der Waals surface area contributed by atoms with E-state index in [0.29, 0.717) is 19.6 Å². The van der Waals surface area contributed by atoms with Crippen LogP contribution in [0.2, 0.25) is 0 Å². The Bertz CT molecular complexity index is 596. The maximum absolute atomic E-state index is 11.6. The number of rotatable bonds is 31. The maximum atomic E-state index is 11.6. The number of aliphatic hydroxyl groups excluding tert-OH is 1. The van der Waals surface area contributed by atoms with Gasteiger partial charge in [0.15, 0.2) is 0 Å². The fourth-order valence-corrected chi connectivity index (χ4v) is 4.61. The Hall–Kier alpha value is -1.39. The summed E-state index contributed by atoms with van der Waals surface area (Å²) in [6.45, 7) is 5.10. The molecule has 0 aromatic carbocycles. The van der Waals surface area contributed by atoms with E-state index in [1.807, 2.05) is 6.92 Å². The van der Waals surface area contributed by atoms with E-state index in [2.05, 4.69) is 43.4 Å². The lowest BCUT2D eigenvalue weighted by atomic mass is 10.1. The first-order chi connectivity index (χ1) is 19.7. The second kappa shape index (κ2) is 33.8. The van der Waals surface area contributed by atoms with Crippen LogP contribution in [-0.4, -0.2) is 37.0 Å². The minimum atomic E-state index is -0.527. The van der Waals surface area contributed by atoms with Crippen LogP contribution < -0.4 is 0 Å². The van der Waals surface area contributed by atoms with E-state index in [0.717, 1.165) is 32.1 Å². The number of esters is 1. The van der Waals surface area contributed by atoms with Crippen LogP contribution in [-0.2, 0) is 14.3 Å². The molecule has 0 aliphatic carbocycles. The van der Waals surface area contributed by atoms with Gasteiger partial charge in [-0.05, 0) is 51.4 Å². The number of hydrogen-bond acceptors (Lipinski definition) is 4. The summed E-state index contributed by atoms with van der Waals surface area (Å²) < 4.78 is 10.8. The zero-order valence-corrected chi connectivity index (χ0v) is 26.6. The third-order valence-corrected chi connectivity index (χ3v) is 7.22. The van der Waals surface area contributed by atoms with E-state index in [4.69, 9.17) is 9.47 Å². The molecule has 4 nitrogen and oxygen atoms in total. The molecule has 0 fully saturated rings. The summed E-state index contributed by atoms with van der Waals surface area (Å²) >= 11 is 0. The highest BCUT2D eigenvalue weighted by atomic mass is 16.6. The molecule has 0 bridgehead atoms. The molecule has 0 aromatic heterocycles. The van der Waals surface area contributed by atoms with Crippen LogP contribution >= 0.6 is 0 Å². The molecule has 40 heavy (non-hydrogen) atoms. The first-order valence-corrected chi connectivity index (χ1v) is 17.1. The molecule has 0 rings (SSSR count). The van der Waals surface area contributed by atoms with Gasteiger partial charge in [0.25, 0.3) is 0 Å². The summed E-state index contributed by atoms with van der Waals surface area (Å²) in [4.78, 5) is 11.6. The van der Waals surface area contributed by atoms with Gasteiger partial charge in [0.2, 0.25) is 0 Å². The SMILES string of the molecule is CCCCCCC/C=C\C/C=C\C/C=C\CCCCCCCCCCCCCOCC(CO)OC(=O)CCCC. The molecule has 4 heteroatoms. The van der Waals surface area contributed by atoms with Crippen LogP contribution in [0, 0.1) is 0 Å². The summed E-state index contributed by atoms with van der Waals surface area (Å²) in [5, 5.41) is 9.34. The minimum Gasteiger partial charge on any atom is -0.457 e. The Balaban J connectivity index is 3.33. The van der Waals surface area contributed by atoms with Gasteiger partial charge in [-0.3, -0.25) is 4.79 Å². The minimum absolute atomic E-state index is 0.176. The molecule has 1 N–H and O–H groups in total. The summed E-state index contributed by atoms with van der Waals surface area (Å²) in [5.41, 5.74) is 0. The Labute approximate surface area is 249 Å². The lowest BCUT2D eigenvalue weighted by molar-refractivity contribution is -0.154. The topological polar surface area (TPSA) is 55.8 Å². The van der Waals surface area contributed by atoms with E-state index in [1.54, 1.807) is 0 Å². The van der Waals surface area contributed by atoms with Crippen LogP contribution in [0.4, 0.5) is 0 Å². The van der Waals surface area contributed by atoms with Crippen molar-refractivity contribution >= 4 is 5.97 Å². The highest BCUT2D eigenvalue weighted by molar-refractivity contribution is 5.69. The predicted molar refractivity (Wildman–Crippen MR) is 173 cm³/mol. The van der Waals surface area contributed by atoms with Gasteiger partial charge in [0, 0.05) is 13.0 Å². The van der Waals surface area contributed by atoms with Crippen molar-refractivity contribution in [2.45, 2.75) is 168 Å². The second-order valence-corrected chi connectivity index (χ2v) is 11.2. The molecule has 0 saturated carbocycles. The van der Waals surface area contributed by atoms with Gasteiger partial charge in [0.05, 0.1) is 13.2 Å². The van der Waals surface area contributed by atoms with E-state index in [-0.39, 0.29) is 12.6 Å². The van der Waals surface area contributed by atoms with Crippen LogP contribution in [0.25, 0.3) is 0 Å². The van der Waals surface area contributed by atoms with Crippen LogP contribution in [0.15, 0.2) is 36.5 Å². The zero-order valence-electron chi connectivity index (χ0n) is 26.6. The van der Waals surface area contributed by atoms with E-state index >= 15 is 0 Å². The zero-order chi connectivity index (χ0) is 29.2. The number of unbranched alkanes of at least 4 members (excludes halogenated alkanes) is 17. The maximum Gasteiger partial charge on any atom is 0.306 e. The number of hydrogen-bond donors (Lipinski definition) is 1. The van der Waals surface area contributed by atoms with Gasteiger partial charge < -0.3 is 14.6 Å². The first kappa shape index (κ1) is 38.6. The lowest BCUT2D eigenvalue weighted by Crippen LogP contribution is -2.27. The van der Waals surface area contributed by atoms with Crippen molar-refractivity contribution in [1.82, 2.24) is 0 Å². The van der Waals surface area contributed by atoms with E-state index < -0.39 is 6.10 Å². The van der Waals surface area contributed by atoms with Crippen molar-refractivity contribution in [2.75, 3.05) is 19.8 Å². The Morgan fingerprint density at radius 2 is 1.05 bits per heavy atom. The van der Waals surface area contributed by atoms with Crippen LogP contribution in [0.3, 0.4) is 0 Å². The predicted octanol–water partition coefficient (Wildman–Crippen LogP) is 10.6. The smallest absolute Gasteiger partial charge is 0.306 e. The second-order valence-electron chi connectivity index (χ2n) is 11.2. The lowest BCUT2D eigenvalue weighted by Gasteiger charge is -2.15. The average Bonchev–Trinajstić information content (AvgIpc) is 2.96. The fraction of sp³-hybridized carbons (Fsp3) is 0.806. The van der Waals surface area contributed by atoms with E-state index in [1.165, 1.54) is 109 Å². The van der Waals surface area contributed by atoms with Crippen LogP contribution in [0.1, 0.15) is 162 Å². The number of allylic oxidation sites excluding steroid dienone is 6. The number of aliphatic hydroxyl groups is 1. The van der Waals surface area contributed by atoms with Crippen molar-refractivity contribution in [3.8, 4) is 0 Å². The van der Waals surface area contributed by atoms with Crippen molar-refractivity contribution in [3.63, 3.8) is 0 Å². The van der Waals surface area contributed by atoms with Gasteiger partial charge in [-0.15, -0.1) is 0 Å². The Morgan fingerprint density at radius 1 is 0.600 bits per heavy atom. The molecule has 0 aliphatic heterocycles. The summed E-state index contributed by atoms with van der Waals surface area (Å²) in [7, 11) is 0. The van der Waals surface area contributed by atoms with Crippen molar-refractivity contribution in [1.29, 1.82) is 0 Å². The molecule has 0 heterocycles. The summed E-state index contributed by atoms with van der Waals surface area (Å²) in [6.07, 6.45) is 41.3. The van der Waals surface area contributed by atoms with Crippen molar-refractivity contribution in [2.24, 2.45) is 0 Å². The summed E-state index contributed by atoms with van der Waals surface area (Å²) in [5.74, 6) is -0.238. The third-order valence-electron chi connectivity index (χ3n) is 7.22. The van der Waals surface area contributed by atoms with Gasteiger partial charge in [-0.2, -0.15) is 0 Å². The van der Waals surface area contributed by atoms with Gasteiger partial charge in [-0.25, -0.2) is 0 Å². The number of carbonyl (C=O) groups is 1. The first-order valence-electron chi connectivity index (χ1n) is 17.1. The highest BCUT2D eigenvalue weighted by Crippen LogP contribution is 2.12. The molecule has 0 aliphatic rings. The van der Waals surface area contributed by atoms with Gasteiger partial charge in [-0.1, -0.05) is 140 Å². The molecular weight excluding hydrogens is 496 g/mol. The van der Waals surface area contributed by atoms with Gasteiger partial charge >= 0.3 is 5.97 Å². The molecule has 0 radical (unpaired) electrons. The molecule has 1 unspecified atom stereocenters. The number of carbonyl (C=O) groups excluding carboxylic acids is 1. The quantitative estimate of drug-likeness (QED) is 0.0518. The molecule has 0 aromatic rings. The third kappa shape index (κ3) is 31.1. The normalized spacial score (nSPS) is 12.8. The monoisotopic (exact) mass is 562 g/mol. The largest absolute Gasteiger partial charge is 0.457 e. The average molecular weight is 563 g/mol. The molecule has 1 atom stereocenters. The Kier molecular flexibility index (Phi) is 32.6.